The summed E-state index contributed by atoms with van der Waals surface area (Å²) in [5, 5.41) is 2.88. The maximum absolute atomic E-state index is 12.6. The van der Waals surface area contributed by atoms with E-state index in [0.29, 0.717) is 25.6 Å². The number of rotatable bonds is 7. The summed E-state index contributed by atoms with van der Waals surface area (Å²) in [7, 11) is -3.70. The molecule has 0 unspecified atom stereocenters. The van der Waals surface area contributed by atoms with Crippen molar-refractivity contribution in [2.24, 2.45) is 5.92 Å². The van der Waals surface area contributed by atoms with Crippen molar-refractivity contribution in [2.45, 2.75) is 32.6 Å². The minimum atomic E-state index is -3.70. The normalized spacial score (nSPS) is 12.0. The van der Waals surface area contributed by atoms with Crippen LogP contribution < -0.4 is 5.32 Å². The summed E-state index contributed by atoms with van der Waals surface area (Å²) in [6.07, 6.45) is 0. The third kappa shape index (κ3) is 4.44. The average molecular weight is 347 g/mol. The molecule has 0 fully saturated rings. The predicted octanol–water partition coefficient (Wildman–Crippen LogP) is 2.76. The van der Waals surface area contributed by atoms with Gasteiger partial charge < -0.3 is 5.32 Å². The Hall–Kier alpha value is -1.11. The van der Waals surface area contributed by atoms with E-state index >= 15 is 0 Å². The Bertz CT molecular complexity index is 626. The average Bonchev–Trinajstić information content (AvgIpc) is 2.45. The summed E-state index contributed by atoms with van der Waals surface area (Å²) in [6.45, 7) is 8.70. The maximum Gasteiger partial charge on any atom is 0.251 e. The van der Waals surface area contributed by atoms with Crippen molar-refractivity contribution in [1.82, 2.24) is 9.62 Å². The summed E-state index contributed by atoms with van der Waals surface area (Å²) in [5.74, 6) is 0.0106. The summed E-state index contributed by atoms with van der Waals surface area (Å²) in [4.78, 5) is 12.1. The van der Waals surface area contributed by atoms with Crippen molar-refractivity contribution in [3.05, 3.63) is 28.8 Å². The van der Waals surface area contributed by atoms with Crippen LogP contribution in [0.4, 0.5) is 0 Å². The lowest BCUT2D eigenvalue weighted by Crippen LogP contribution is -2.31. The van der Waals surface area contributed by atoms with Crippen molar-refractivity contribution in [2.75, 3.05) is 19.6 Å². The molecule has 22 heavy (non-hydrogen) atoms. The quantitative estimate of drug-likeness (QED) is 0.825. The van der Waals surface area contributed by atoms with Crippen LogP contribution in [0.3, 0.4) is 0 Å². The molecule has 0 heterocycles. The molecule has 0 saturated heterocycles. The van der Waals surface area contributed by atoms with Crippen LogP contribution in [0, 0.1) is 5.92 Å². The van der Waals surface area contributed by atoms with Gasteiger partial charge in [0.05, 0.1) is 5.02 Å². The van der Waals surface area contributed by atoms with Gasteiger partial charge >= 0.3 is 0 Å². The topological polar surface area (TPSA) is 66.5 Å². The van der Waals surface area contributed by atoms with Gasteiger partial charge in [-0.2, -0.15) is 4.31 Å². The summed E-state index contributed by atoms with van der Waals surface area (Å²) < 4.78 is 26.4. The van der Waals surface area contributed by atoms with Crippen molar-refractivity contribution in [1.29, 1.82) is 0 Å². The van der Waals surface area contributed by atoms with Crippen molar-refractivity contribution >= 4 is 27.5 Å². The lowest BCUT2D eigenvalue weighted by atomic mass is 10.2. The molecule has 124 valence electrons. The third-order valence-electron chi connectivity index (χ3n) is 3.19. The SMILES string of the molecule is CCN(CC)S(=O)(=O)c1cc(C(=O)NCC(C)C)ccc1Cl. The van der Waals surface area contributed by atoms with E-state index in [0.717, 1.165) is 0 Å². The number of hydrogen-bond donors (Lipinski definition) is 1. The lowest BCUT2D eigenvalue weighted by Gasteiger charge is -2.19. The van der Waals surface area contributed by atoms with E-state index in [2.05, 4.69) is 5.32 Å². The molecule has 1 amide bonds. The monoisotopic (exact) mass is 346 g/mol. The van der Waals surface area contributed by atoms with E-state index in [1.165, 1.54) is 22.5 Å². The van der Waals surface area contributed by atoms with Gasteiger partial charge in [0.2, 0.25) is 10.0 Å². The van der Waals surface area contributed by atoms with Gasteiger partial charge in [-0.05, 0) is 24.1 Å². The number of hydrogen-bond acceptors (Lipinski definition) is 3. The summed E-state index contributed by atoms with van der Waals surface area (Å²) in [5.41, 5.74) is 0.288. The van der Waals surface area contributed by atoms with Crippen LogP contribution in [0.2, 0.25) is 5.02 Å². The fourth-order valence-corrected chi connectivity index (χ4v) is 3.90. The Labute approximate surface area is 137 Å². The van der Waals surface area contributed by atoms with Crippen LogP contribution in [0.1, 0.15) is 38.1 Å². The number of nitrogens with one attached hydrogen (secondary N) is 1. The molecule has 0 spiro atoms. The first kappa shape index (κ1) is 18.9. The largest absolute Gasteiger partial charge is 0.352 e. The highest BCUT2D eigenvalue weighted by Gasteiger charge is 2.25. The fourth-order valence-electron chi connectivity index (χ4n) is 1.94. The number of sulfonamides is 1. The minimum Gasteiger partial charge on any atom is -0.352 e. The first-order valence-corrected chi connectivity index (χ1v) is 9.13. The molecular weight excluding hydrogens is 324 g/mol. The molecule has 1 aromatic rings. The number of benzene rings is 1. The minimum absolute atomic E-state index is 0.0323. The Kier molecular flexibility index (Phi) is 6.84. The van der Waals surface area contributed by atoms with Gasteiger partial charge in [0.25, 0.3) is 5.91 Å². The van der Waals surface area contributed by atoms with Crippen LogP contribution in [-0.4, -0.2) is 38.3 Å². The molecule has 1 rings (SSSR count). The van der Waals surface area contributed by atoms with Gasteiger partial charge in [-0.3, -0.25) is 4.79 Å². The van der Waals surface area contributed by atoms with Gasteiger partial charge in [0.1, 0.15) is 4.90 Å². The molecule has 5 nitrogen and oxygen atoms in total. The maximum atomic E-state index is 12.6. The van der Waals surface area contributed by atoms with Gasteiger partial charge in [-0.25, -0.2) is 8.42 Å². The molecule has 1 N–H and O–H groups in total. The highest BCUT2D eigenvalue weighted by molar-refractivity contribution is 7.89. The van der Waals surface area contributed by atoms with E-state index in [4.69, 9.17) is 11.6 Å². The van der Waals surface area contributed by atoms with Crippen LogP contribution in [0.5, 0.6) is 0 Å². The van der Waals surface area contributed by atoms with Crippen LogP contribution in [0.25, 0.3) is 0 Å². The number of nitrogens with zero attached hydrogens (tertiary/aromatic N) is 1. The Morgan fingerprint density at radius 3 is 2.36 bits per heavy atom. The van der Waals surface area contributed by atoms with E-state index in [-0.39, 0.29) is 21.4 Å². The van der Waals surface area contributed by atoms with Crippen LogP contribution in [-0.2, 0) is 10.0 Å². The predicted molar refractivity (Wildman–Crippen MR) is 88.7 cm³/mol. The Morgan fingerprint density at radius 2 is 1.86 bits per heavy atom. The second-order valence-electron chi connectivity index (χ2n) is 5.34. The standard InChI is InChI=1S/C15H23ClN2O3S/c1-5-18(6-2)22(20,21)14-9-12(7-8-13(14)16)15(19)17-10-11(3)4/h7-9,11H,5-6,10H2,1-4H3,(H,17,19). The molecule has 0 aromatic heterocycles. The van der Waals surface area contributed by atoms with E-state index in [1.807, 2.05) is 13.8 Å². The fraction of sp³-hybridized carbons (Fsp3) is 0.533. The number of amides is 1. The zero-order valence-electron chi connectivity index (χ0n) is 13.4. The highest BCUT2D eigenvalue weighted by atomic mass is 35.5. The van der Waals surface area contributed by atoms with E-state index in [9.17, 15) is 13.2 Å². The lowest BCUT2D eigenvalue weighted by molar-refractivity contribution is 0.0949. The summed E-state index contributed by atoms with van der Waals surface area (Å²) >= 11 is 6.03. The van der Waals surface area contributed by atoms with Gasteiger partial charge in [-0.15, -0.1) is 0 Å². The molecule has 0 saturated carbocycles. The highest BCUT2D eigenvalue weighted by Crippen LogP contribution is 2.25. The molecule has 0 aliphatic carbocycles. The van der Waals surface area contributed by atoms with Gasteiger partial charge in [-0.1, -0.05) is 39.3 Å². The molecule has 0 aliphatic heterocycles. The number of halogens is 1. The van der Waals surface area contributed by atoms with Crippen molar-refractivity contribution in [3.63, 3.8) is 0 Å². The van der Waals surface area contributed by atoms with Crippen molar-refractivity contribution in [3.8, 4) is 0 Å². The molecule has 0 radical (unpaired) electrons. The van der Waals surface area contributed by atoms with E-state index < -0.39 is 10.0 Å². The van der Waals surface area contributed by atoms with E-state index in [1.54, 1.807) is 13.8 Å². The number of carbonyl (C=O) groups is 1. The molecule has 0 atom stereocenters. The summed E-state index contributed by atoms with van der Waals surface area (Å²) in [6, 6.07) is 4.31. The first-order chi connectivity index (χ1) is 10.2. The Balaban J connectivity index is 3.17. The molecule has 7 heteroatoms. The zero-order valence-corrected chi connectivity index (χ0v) is 15.0. The molecule has 0 aliphatic rings. The third-order valence-corrected chi connectivity index (χ3v) is 5.72. The van der Waals surface area contributed by atoms with Crippen molar-refractivity contribution < 1.29 is 13.2 Å². The number of carbonyl (C=O) groups excluding carboxylic acids is 1. The smallest absolute Gasteiger partial charge is 0.251 e. The molecule has 0 bridgehead atoms. The molecular formula is C15H23ClN2O3S. The van der Waals surface area contributed by atoms with Crippen LogP contribution in [0.15, 0.2) is 23.1 Å². The zero-order chi connectivity index (χ0) is 16.9. The Morgan fingerprint density at radius 1 is 1.27 bits per heavy atom. The first-order valence-electron chi connectivity index (χ1n) is 7.31. The second kappa shape index (κ2) is 7.94. The van der Waals surface area contributed by atoms with Gasteiger partial charge in [0, 0.05) is 25.2 Å². The van der Waals surface area contributed by atoms with Crippen LogP contribution >= 0.6 is 11.6 Å². The van der Waals surface area contributed by atoms with Gasteiger partial charge in [0.15, 0.2) is 0 Å². The second-order valence-corrected chi connectivity index (χ2v) is 7.65. The molecule has 1 aromatic carbocycles.